The molecule has 0 spiro atoms. The minimum absolute atomic E-state index is 0.0258. The molecule has 3 aromatic carbocycles. The second kappa shape index (κ2) is 21.7. The van der Waals surface area contributed by atoms with Crippen LogP contribution in [0.3, 0.4) is 0 Å². The Balaban J connectivity index is 1.56. The summed E-state index contributed by atoms with van der Waals surface area (Å²) in [5.74, 6) is -2.98. The molecule has 2 saturated heterocycles. The maximum atomic E-state index is 12.7. The summed E-state index contributed by atoms with van der Waals surface area (Å²) in [5.41, 5.74) is 2.63. The van der Waals surface area contributed by atoms with Crippen molar-refractivity contribution in [3.8, 4) is 0 Å². The van der Waals surface area contributed by atoms with E-state index in [4.69, 9.17) is 52.1 Å². The van der Waals surface area contributed by atoms with Gasteiger partial charge < -0.3 is 52.1 Å². The van der Waals surface area contributed by atoms with Crippen molar-refractivity contribution in [3.63, 3.8) is 0 Å². The number of hydrogen-bond donors (Lipinski definition) is 0. The lowest BCUT2D eigenvalue weighted by Crippen LogP contribution is -2.67. The molecular formula is C42H50O15. The van der Waals surface area contributed by atoms with E-state index in [9.17, 15) is 19.2 Å². The molecule has 57 heavy (non-hydrogen) atoms. The highest BCUT2D eigenvalue weighted by atomic mass is 16.8. The molecule has 0 N–H and O–H groups in total. The SMILES string of the molecule is CO[C@H]1O[C@H](COCc2ccccc2)[C@@H](OCc2ccccc2)[C@H](O[C@@H]2O[C@H](COC(C)=O)[C@@H](OC(C)=O)[C@H](OC(C)=O)[C@H]2OC(C)=O)[C@H]1OCc1ccccc1. The van der Waals surface area contributed by atoms with E-state index in [2.05, 4.69) is 0 Å². The number of ether oxygens (including phenoxy) is 11. The van der Waals surface area contributed by atoms with E-state index < -0.39 is 91.9 Å². The first-order valence-corrected chi connectivity index (χ1v) is 18.6. The zero-order valence-electron chi connectivity index (χ0n) is 32.6. The maximum absolute atomic E-state index is 12.7. The van der Waals surface area contributed by atoms with Gasteiger partial charge in [-0.15, -0.1) is 0 Å². The zero-order chi connectivity index (χ0) is 40.7. The number of carbonyl (C=O) groups excluding carboxylic acids is 4. The standard InChI is InChI=1S/C42H50O15/c1-26(43)49-25-34-36(52-27(2)44)38(53-28(3)45)40(54-29(4)46)42(56-34)57-37-35(50-22-31-17-11-7-12-18-31)33(24-48-21-30-15-9-6-10-16-30)55-41(47-5)39(37)51-23-32-19-13-8-14-20-32/h6-20,33-42H,21-25H2,1-5H3/t33-,34-,35-,36-,37+,38+,39-,40-,41+,42+/m1/s1. The summed E-state index contributed by atoms with van der Waals surface area (Å²) in [6, 6.07) is 28.5. The molecule has 0 saturated carbocycles. The van der Waals surface area contributed by atoms with E-state index in [1.54, 1.807) is 0 Å². The first-order valence-electron chi connectivity index (χ1n) is 18.6. The average Bonchev–Trinajstić information content (AvgIpc) is 3.19. The molecule has 0 unspecified atom stereocenters. The van der Waals surface area contributed by atoms with Crippen LogP contribution in [0, 0.1) is 0 Å². The molecule has 308 valence electrons. The van der Waals surface area contributed by atoms with Crippen LogP contribution in [0.1, 0.15) is 44.4 Å². The van der Waals surface area contributed by atoms with Crippen molar-refractivity contribution < 1.29 is 71.3 Å². The fraction of sp³-hybridized carbons (Fsp3) is 0.476. The molecular weight excluding hydrogens is 744 g/mol. The average molecular weight is 795 g/mol. The summed E-state index contributed by atoms with van der Waals surface area (Å²) in [6.45, 7) is 4.71. The van der Waals surface area contributed by atoms with E-state index in [1.807, 2.05) is 91.0 Å². The van der Waals surface area contributed by atoms with Crippen molar-refractivity contribution in [3.05, 3.63) is 108 Å². The van der Waals surface area contributed by atoms with Crippen LogP contribution >= 0.6 is 0 Å². The van der Waals surface area contributed by atoms with E-state index in [0.29, 0.717) is 0 Å². The topological polar surface area (TPSA) is 170 Å². The summed E-state index contributed by atoms with van der Waals surface area (Å²) in [7, 11) is 1.46. The normalized spacial score (nSPS) is 27.2. The van der Waals surface area contributed by atoms with Crippen LogP contribution in [-0.4, -0.2) is 106 Å². The molecule has 0 aliphatic carbocycles. The maximum Gasteiger partial charge on any atom is 0.303 e. The molecule has 2 fully saturated rings. The Kier molecular flexibility index (Phi) is 16.5. The predicted octanol–water partition coefficient (Wildman–Crippen LogP) is 4.21. The van der Waals surface area contributed by atoms with Crippen LogP contribution in [0.15, 0.2) is 91.0 Å². The summed E-state index contributed by atoms with van der Waals surface area (Å²) in [6.07, 6.45) is -12.1. The Morgan fingerprint density at radius 2 is 0.947 bits per heavy atom. The summed E-state index contributed by atoms with van der Waals surface area (Å²) >= 11 is 0. The first-order chi connectivity index (χ1) is 27.5. The van der Waals surface area contributed by atoms with E-state index in [1.165, 1.54) is 14.0 Å². The van der Waals surface area contributed by atoms with Crippen molar-refractivity contribution in [1.82, 2.24) is 0 Å². The monoisotopic (exact) mass is 794 g/mol. The molecule has 0 radical (unpaired) electrons. The molecule has 5 rings (SSSR count). The zero-order valence-corrected chi connectivity index (χ0v) is 32.6. The van der Waals surface area contributed by atoms with Crippen LogP contribution in [0.4, 0.5) is 0 Å². The Morgan fingerprint density at radius 1 is 0.491 bits per heavy atom. The largest absolute Gasteiger partial charge is 0.463 e. The van der Waals surface area contributed by atoms with Gasteiger partial charge in [0, 0.05) is 34.8 Å². The van der Waals surface area contributed by atoms with Crippen LogP contribution in [0.25, 0.3) is 0 Å². The molecule has 2 aliphatic heterocycles. The molecule has 0 bridgehead atoms. The minimum atomic E-state index is -1.55. The van der Waals surface area contributed by atoms with E-state index in [-0.39, 0.29) is 26.4 Å². The van der Waals surface area contributed by atoms with Crippen molar-refractivity contribution in [2.45, 2.75) is 109 Å². The summed E-state index contributed by atoms with van der Waals surface area (Å²) < 4.78 is 67.2. The van der Waals surface area contributed by atoms with Gasteiger partial charge in [-0.3, -0.25) is 19.2 Å². The molecule has 2 aliphatic rings. The number of methoxy groups -OCH3 is 1. The second-order valence-corrected chi connectivity index (χ2v) is 13.5. The third-order valence-corrected chi connectivity index (χ3v) is 9.03. The van der Waals surface area contributed by atoms with Gasteiger partial charge in [-0.05, 0) is 16.7 Å². The predicted molar refractivity (Wildman–Crippen MR) is 199 cm³/mol. The number of rotatable bonds is 18. The Hall–Kier alpha value is -4.74. The molecule has 0 amide bonds. The van der Waals surface area contributed by atoms with Crippen LogP contribution in [-0.2, 0) is 91.1 Å². The van der Waals surface area contributed by atoms with E-state index in [0.717, 1.165) is 37.5 Å². The fourth-order valence-electron chi connectivity index (χ4n) is 6.59. The smallest absolute Gasteiger partial charge is 0.303 e. The lowest BCUT2D eigenvalue weighted by molar-refractivity contribution is -0.368. The Labute approximate surface area is 331 Å². The first kappa shape index (κ1) is 43.4. The van der Waals surface area contributed by atoms with Gasteiger partial charge in [0.1, 0.15) is 37.1 Å². The summed E-state index contributed by atoms with van der Waals surface area (Å²) in [4.78, 5) is 49.6. The Morgan fingerprint density at radius 3 is 1.46 bits per heavy atom. The highest BCUT2D eigenvalue weighted by molar-refractivity contribution is 5.68. The highest BCUT2D eigenvalue weighted by Crippen LogP contribution is 2.36. The number of hydrogen-bond acceptors (Lipinski definition) is 15. The molecule has 0 aromatic heterocycles. The van der Waals surface area contributed by atoms with Crippen molar-refractivity contribution in [2.24, 2.45) is 0 Å². The van der Waals surface area contributed by atoms with Crippen molar-refractivity contribution >= 4 is 23.9 Å². The van der Waals surface area contributed by atoms with Crippen molar-refractivity contribution in [1.29, 1.82) is 0 Å². The van der Waals surface area contributed by atoms with Gasteiger partial charge in [0.2, 0.25) is 0 Å². The fourth-order valence-corrected chi connectivity index (χ4v) is 6.59. The van der Waals surface area contributed by atoms with Crippen LogP contribution in [0.5, 0.6) is 0 Å². The van der Waals surface area contributed by atoms with Crippen LogP contribution < -0.4 is 0 Å². The molecule has 15 heteroatoms. The lowest BCUT2D eigenvalue weighted by atomic mass is 9.95. The lowest BCUT2D eigenvalue weighted by Gasteiger charge is -2.49. The van der Waals surface area contributed by atoms with E-state index >= 15 is 0 Å². The number of carbonyl (C=O) groups is 4. The van der Waals surface area contributed by atoms with Gasteiger partial charge in [-0.2, -0.15) is 0 Å². The quantitative estimate of drug-likeness (QED) is 0.132. The number of benzene rings is 3. The van der Waals surface area contributed by atoms with Crippen molar-refractivity contribution in [2.75, 3.05) is 20.3 Å². The van der Waals surface area contributed by atoms with Gasteiger partial charge in [-0.25, -0.2) is 0 Å². The Bertz CT molecular complexity index is 1710. The minimum Gasteiger partial charge on any atom is -0.463 e. The third kappa shape index (κ3) is 12.9. The van der Waals surface area contributed by atoms with Gasteiger partial charge in [0.25, 0.3) is 0 Å². The molecule has 3 aromatic rings. The summed E-state index contributed by atoms with van der Waals surface area (Å²) in [5, 5.41) is 0. The molecule has 15 nitrogen and oxygen atoms in total. The third-order valence-electron chi connectivity index (χ3n) is 9.03. The van der Waals surface area contributed by atoms with Gasteiger partial charge in [0.05, 0.1) is 26.4 Å². The van der Waals surface area contributed by atoms with Gasteiger partial charge in [-0.1, -0.05) is 91.0 Å². The van der Waals surface area contributed by atoms with Gasteiger partial charge >= 0.3 is 23.9 Å². The second-order valence-electron chi connectivity index (χ2n) is 13.5. The highest BCUT2D eigenvalue weighted by Gasteiger charge is 2.56. The number of esters is 4. The van der Waals surface area contributed by atoms with Gasteiger partial charge in [0.15, 0.2) is 30.9 Å². The van der Waals surface area contributed by atoms with Crippen LogP contribution in [0.2, 0.25) is 0 Å². The molecule has 2 heterocycles. The molecule has 10 atom stereocenters.